The highest BCUT2D eigenvalue weighted by Gasteiger charge is 2.46. The maximum absolute atomic E-state index is 12.5. The van der Waals surface area contributed by atoms with Crippen molar-refractivity contribution in [3.05, 3.63) is 52.1 Å². The van der Waals surface area contributed by atoms with E-state index in [1.807, 2.05) is 66.7 Å². The van der Waals surface area contributed by atoms with E-state index in [1.165, 1.54) is 0 Å². The summed E-state index contributed by atoms with van der Waals surface area (Å²) in [5.74, 6) is -2.50. The van der Waals surface area contributed by atoms with E-state index < -0.39 is 29.4 Å². The number of esters is 2. The van der Waals surface area contributed by atoms with Crippen molar-refractivity contribution in [3.63, 3.8) is 0 Å². The third-order valence-corrected chi connectivity index (χ3v) is 9.13. The first-order valence-corrected chi connectivity index (χ1v) is 18.1. The van der Waals surface area contributed by atoms with E-state index in [0.717, 1.165) is 27.8 Å². The number of hydrogen-bond acceptors (Lipinski definition) is 8. The summed E-state index contributed by atoms with van der Waals surface area (Å²) in [6.45, 7) is 26.3. The van der Waals surface area contributed by atoms with Crippen molar-refractivity contribution in [1.82, 2.24) is 10.6 Å². The molecule has 0 aliphatic heterocycles. The molecule has 0 saturated carbocycles. The Hall–Kier alpha value is -3.66. The zero-order chi connectivity index (χ0) is 39.2. The maximum atomic E-state index is 12.5. The number of aromatic hydroxyl groups is 1. The van der Waals surface area contributed by atoms with Crippen molar-refractivity contribution in [2.75, 3.05) is 26.3 Å². The normalized spacial score (nSPS) is 18.4. The average Bonchev–Trinajstić information content (AvgIpc) is 2.97. The van der Waals surface area contributed by atoms with Crippen LogP contribution in [0.3, 0.4) is 0 Å². The lowest BCUT2D eigenvalue weighted by Crippen LogP contribution is -2.47. The van der Waals surface area contributed by atoms with Crippen LogP contribution in [0.2, 0.25) is 0 Å². The largest absolute Gasteiger partial charge is 0.507 e. The quantitative estimate of drug-likeness (QED) is 0.111. The lowest BCUT2D eigenvalue weighted by molar-refractivity contribution is -0.145. The Balaban J connectivity index is 1.74. The highest BCUT2D eigenvalue weighted by molar-refractivity contribution is 6.35. The third-order valence-electron chi connectivity index (χ3n) is 9.13. The number of hydrogen-bond donors (Lipinski definition) is 4. The van der Waals surface area contributed by atoms with Crippen LogP contribution in [0, 0.1) is 16.7 Å². The number of allylic oxidation sites excluding steroid dienone is 2. The molecule has 0 bridgehead atoms. The molecule has 0 saturated heterocycles. The number of rotatable bonds is 12. The van der Waals surface area contributed by atoms with Crippen molar-refractivity contribution >= 4 is 23.8 Å². The topological polar surface area (TPSA) is 151 Å². The number of carbonyl (C=O) groups is 4. The predicted molar refractivity (Wildman–Crippen MR) is 200 cm³/mol. The van der Waals surface area contributed by atoms with E-state index in [2.05, 4.69) is 58.3 Å². The second-order valence-electron chi connectivity index (χ2n) is 18.0. The highest BCUT2D eigenvalue weighted by atomic mass is 16.5. The Bertz CT molecular complexity index is 1460. The second-order valence-corrected chi connectivity index (χ2v) is 18.0. The monoisotopic (exact) mass is 712 g/mol. The van der Waals surface area contributed by atoms with Crippen LogP contribution < -0.4 is 10.6 Å². The van der Waals surface area contributed by atoms with Gasteiger partial charge in [-0.1, -0.05) is 113 Å². The van der Waals surface area contributed by atoms with Gasteiger partial charge < -0.3 is 30.3 Å². The third kappa shape index (κ3) is 12.8. The Morgan fingerprint density at radius 1 is 0.725 bits per heavy atom. The maximum Gasteiger partial charge on any atom is 0.309 e. The number of amides is 2. The molecule has 2 unspecified atom stereocenters. The van der Waals surface area contributed by atoms with E-state index in [0.29, 0.717) is 12.8 Å². The summed E-state index contributed by atoms with van der Waals surface area (Å²) in [5.41, 5.74) is 2.44. The molecule has 0 spiro atoms. The predicted octanol–water partition coefficient (Wildman–Crippen LogP) is 6.34. The van der Waals surface area contributed by atoms with Crippen LogP contribution in [-0.4, -0.2) is 65.9 Å². The molecule has 10 heteroatoms. The minimum absolute atomic E-state index is 0.0379. The summed E-state index contributed by atoms with van der Waals surface area (Å²) in [6, 6.07) is 3.86. The molecule has 2 amide bonds. The number of ether oxygens (including phenoxy) is 2. The molecule has 0 radical (unpaired) electrons. The number of nitrogens with one attached hydrogen (secondary N) is 2. The van der Waals surface area contributed by atoms with E-state index in [4.69, 9.17) is 9.47 Å². The second kappa shape index (κ2) is 16.8. The number of aliphatic hydroxyl groups is 1. The number of carbonyl (C=O) groups excluding carboxylic acids is 4. The standard InChI is InChI=1S/C41H64N2O8/c1-37(2,3)28-22-26(23-29(34(28)46)38(4,5)6)14-16-32(44)50-20-18-42-35(47)36(48)43-19-21-51-33(45)17-15-27-24-30(39(7,8)9)41(13,49)31(25-27)40(10,11)12/h22-25,30,46,49H,14-21H2,1-13H3,(H,42,47)(H,43,48). The van der Waals surface area contributed by atoms with Crippen LogP contribution in [-0.2, 0) is 45.9 Å². The van der Waals surface area contributed by atoms with Crippen molar-refractivity contribution in [2.45, 2.75) is 132 Å². The number of aryl methyl sites for hydroxylation is 1. The van der Waals surface area contributed by atoms with E-state index >= 15 is 0 Å². The average molecular weight is 713 g/mol. The zero-order valence-electron chi connectivity index (χ0n) is 33.4. The van der Waals surface area contributed by atoms with Gasteiger partial charge in [0, 0.05) is 18.8 Å². The fraction of sp³-hybridized carbons (Fsp3) is 0.659. The Labute approximate surface area is 305 Å². The summed E-state index contributed by atoms with van der Waals surface area (Å²) in [4.78, 5) is 49.2. The summed E-state index contributed by atoms with van der Waals surface area (Å²) in [5, 5.41) is 27.2. The van der Waals surface area contributed by atoms with Gasteiger partial charge in [-0.2, -0.15) is 0 Å². The number of phenols is 1. The molecule has 1 aliphatic rings. The first kappa shape index (κ1) is 43.5. The van der Waals surface area contributed by atoms with Gasteiger partial charge in [0.2, 0.25) is 0 Å². The molecule has 1 aromatic carbocycles. The molecule has 51 heavy (non-hydrogen) atoms. The SMILES string of the molecule is CC(C)(C)C1=CC(CCC(=O)OCCNC(=O)C(=O)NCCOC(=O)CCc2cc(C(C)(C)C)c(O)c(C(C)(C)C)c2)=CC(C(C)(C)C)C1(C)O. The molecule has 0 fully saturated rings. The van der Waals surface area contributed by atoms with E-state index in [1.54, 1.807) is 0 Å². The molecular weight excluding hydrogens is 648 g/mol. The van der Waals surface area contributed by atoms with Gasteiger partial charge in [-0.15, -0.1) is 0 Å². The van der Waals surface area contributed by atoms with Crippen LogP contribution in [0.5, 0.6) is 5.75 Å². The van der Waals surface area contributed by atoms with Crippen molar-refractivity contribution in [3.8, 4) is 5.75 Å². The lowest BCUT2D eigenvalue weighted by Gasteiger charge is -2.47. The molecule has 1 aliphatic carbocycles. The Morgan fingerprint density at radius 2 is 1.16 bits per heavy atom. The number of phenolic OH excluding ortho intramolecular Hbond substituents is 1. The summed E-state index contributed by atoms with van der Waals surface area (Å²) in [6.07, 6.45) is 5.20. The Morgan fingerprint density at radius 3 is 1.55 bits per heavy atom. The molecule has 10 nitrogen and oxygen atoms in total. The van der Waals surface area contributed by atoms with Crippen molar-refractivity contribution in [1.29, 1.82) is 0 Å². The molecule has 286 valence electrons. The van der Waals surface area contributed by atoms with Crippen LogP contribution in [0.25, 0.3) is 0 Å². The summed E-state index contributed by atoms with van der Waals surface area (Å²) < 4.78 is 10.5. The van der Waals surface area contributed by atoms with E-state index in [-0.39, 0.29) is 72.5 Å². The highest BCUT2D eigenvalue weighted by Crippen LogP contribution is 2.49. The van der Waals surface area contributed by atoms with Gasteiger partial charge in [-0.25, -0.2) is 0 Å². The molecule has 2 rings (SSSR count). The van der Waals surface area contributed by atoms with Gasteiger partial charge in [0.25, 0.3) is 0 Å². The number of benzene rings is 1. The van der Waals surface area contributed by atoms with Gasteiger partial charge >= 0.3 is 23.8 Å². The molecule has 2 atom stereocenters. The Kier molecular flexibility index (Phi) is 14.3. The van der Waals surface area contributed by atoms with Crippen molar-refractivity contribution in [2.24, 2.45) is 16.7 Å². The van der Waals surface area contributed by atoms with Gasteiger partial charge in [0.15, 0.2) is 0 Å². The van der Waals surface area contributed by atoms with E-state index in [9.17, 15) is 29.4 Å². The van der Waals surface area contributed by atoms with Crippen LogP contribution in [0.4, 0.5) is 0 Å². The van der Waals surface area contributed by atoms with Crippen LogP contribution in [0.15, 0.2) is 35.4 Å². The minimum Gasteiger partial charge on any atom is -0.507 e. The lowest BCUT2D eigenvalue weighted by atomic mass is 9.61. The van der Waals surface area contributed by atoms with Crippen LogP contribution >= 0.6 is 0 Å². The molecule has 1 aromatic rings. The van der Waals surface area contributed by atoms with Crippen LogP contribution in [0.1, 0.15) is 126 Å². The van der Waals surface area contributed by atoms with Gasteiger partial charge in [-0.05, 0) is 63.7 Å². The van der Waals surface area contributed by atoms with Gasteiger partial charge in [0.1, 0.15) is 19.0 Å². The molecule has 0 heterocycles. The van der Waals surface area contributed by atoms with Gasteiger partial charge in [-0.3, -0.25) is 19.2 Å². The summed E-state index contributed by atoms with van der Waals surface area (Å²) >= 11 is 0. The molecule has 0 aromatic heterocycles. The summed E-state index contributed by atoms with van der Waals surface area (Å²) in [7, 11) is 0. The fourth-order valence-electron chi connectivity index (χ4n) is 6.59. The smallest absolute Gasteiger partial charge is 0.309 e. The molecule has 4 N–H and O–H groups in total. The molecular formula is C41H64N2O8. The fourth-order valence-corrected chi connectivity index (χ4v) is 6.59. The zero-order valence-corrected chi connectivity index (χ0v) is 33.4. The van der Waals surface area contributed by atoms with Crippen molar-refractivity contribution < 1.29 is 38.9 Å². The first-order valence-electron chi connectivity index (χ1n) is 18.1. The minimum atomic E-state index is -1.01. The van der Waals surface area contributed by atoms with Gasteiger partial charge in [0.05, 0.1) is 18.7 Å². The first-order chi connectivity index (χ1) is 23.2.